The predicted molar refractivity (Wildman–Crippen MR) is 44.4 cm³/mol. The second-order valence-corrected chi connectivity index (χ2v) is 1.86. The number of hydrogen-bond acceptors (Lipinski definition) is 2. The van der Waals surface area contributed by atoms with Crippen molar-refractivity contribution in [3.8, 4) is 0 Å². The van der Waals surface area contributed by atoms with E-state index in [1.165, 1.54) is 0 Å². The Labute approximate surface area is 77.3 Å². The number of anilines is 1. The number of nitrogen functional groups attached to an aromatic ring is 1. The molecule has 1 rings (SSSR count). The van der Waals surface area contributed by atoms with Crippen molar-refractivity contribution >= 4 is 22.7 Å². The molecule has 0 aliphatic heterocycles. The number of benzene rings is 1. The molecule has 0 fully saturated rings. The van der Waals surface area contributed by atoms with E-state index in [9.17, 15) is 13.2 Å². The van der Waals surface area contributed by atoms with Gasteiger partial charge < -0.3 is 5.43 Å². The highest BCUT2D eigenvalue weighted by Gasteiger charge is 2.11. The summed E-state index contributed by atoms with van der Waals surface area (Å²) in [7, 11) is 0. The lowest BCUT2D eigenvalue weighted by atomic mass is 10.3. The highest BCUT2D eigenvalue weighted by Crippen LogP contribution is 2.19. The van der Waals surface area contributed by atoms with Crippen molar-refractivity contribution in [3.05, 3.63) is 29.6 Å². The van der Waals surface area contributed by atoms with E-state index in [1.54, 1.807) is 5.43 Å². The van der Waals surface area contributed by atoms with Crippen LogP contribution in [0.25, 0.3) is 0 Å². The van der Waals surface area contributed by atoms with Crippen molar-refractivity contribution < 1.29 is 13.2 Å². The van der Waals surface area contributed by atoms with Gasteiger partial charge in [-0.2, -0.15) is 0 Å². The number of nitrogens with one attached hydrogen (secondary N) is 1. The smallest absolute Gasteiger partial charge is 0.186 e. The zero-order valence-corrected chi connectivity index (χ0v) is 7.49. The van der Waals surface area contributed by atoms with Gasteiger partial charge in [-0.25, -0.2) is 13.2 Å². The van der Waals surface area contributed by atoms with Gasteiger partial charge in [-0.15, -0.1) is 17.0 Å². The van der Waals surface area contributed by atoms with Gasteiger partial charge >= 0.3 is 0 Å². The van der Waals surface area contributed by atoms with Crippen LogP contribution < -0.4 is 11.3 Å². The Bertz CT molecular complexity index is 280. The van der Waals surface area contributed by atoms with Crippen molar-refractivity contribution in [3.63, 3.8) is 0 Å². The van der Waals surface area contributed by atoms with Crippen LogP contribution in [0.4, 0.5) is 18.9 Å². The molecule has 2 nitrogen and oxygen atoms in total. The van der Waals surface area contributed by atoms with E-state index >= 15 is 0 Å². The third kappa shape index (κ3) is 1.89. The molecule has 1 aromatic rings. The highest BCUT2D eigenvalue weighted by atomic mass is 79.9. The van der Waals surface area contributed by atoms with Crippen molar-refractivity contribution in [1.29, 1.82) is 0 Å². The quantitative estimate of drug-likeness (QED) is 0.449. The van der Waals surface area contributed by atoms with Crippen LogP contribution in [0.1, 0.15) is 0 Å². The van der Waals surface area contributed by atoms with E-state index in [-0.39, 0.29) is 17.0 Å². The Morgan fingerprint density at radius 1 is 1.08 bits per heavy atom. The second kappa shape index (κ2) is 4.32. The average Bonchev–Trinajstić information content (AvgIpc) is 1.99. The highest BCUT2D eigenvalue weighted by molar-refractivity contribution is 8.93. The molecular weight excluding hydrogens is 237 g/mol. The molecular formula is C6H6BrF3N2. The number of hydrazine groups is 1. The Hall–Kier alpha value is -0.750. The van der Waals surface area contributed by atoms with Crippen molar-refractivity contribution in [2.75, 3.05) is 5.43 Å². The van der Waals surface area contributed by atoms with E-state index in [0.29, 0.717) is 6.07 Å². The minimum atomic E-state index is -1.31. The number of hydrogen-bond donors (Lipinski definition) is 2. The largest absolute Gasteiger partial charge is 0.319 e. The number of rotatable bonds is 1. The first-order chi connectivity index (χ1) is 5.16. The molecule has 3 N–H and O–H groups in total. The van der Waals surface area contributed by atoms with Crippen LogP contribution in [0.5, 0.6) is 0 Å². The standard InChI is InChI=1S/C6H5F3N2.BrH/c7-3-1-2-4(8)6(11-10)5(3)9;/h1-2,11H,10H2;1H. The summed E-state index contributed by atoms with van der Waals surface area (Å²) < 4.78 is 37.3. The van der Waals surface area contributed by atoms with E-state index in [4.69, 9.17) is 5.84 Å². The molecule has 1 aromatic carbocycles. The van der Waals surface area contributed by atoms with Gasteiger partial charge in [-0.1, -0.05) is 0 Å². The molecule has 0 heterocycles. The minimum Gasteiger partial charge on any atom is -0.319 e. The van der Waals surface area contributed by atoms with Gasteiger partial charge in [-0.3, -0.25) is 5.84 Å². The summed E-state index contributed by atoms with van der Waals surface area (Å²) in [5.41, 5.74) is 1.05. The van der Waals surface area contributed by atoms with Crippen LogP contribution in [0, 0.1) is 17.5 Å². The summed E-state index contributed by atoms with van der Waals surface area (Å²) in [4.78, 5) is 0. The molecule has 0 aromatic heterocycles. The lowest BCUT2D eigenvalue weighted by Crippen LogP contribution is -2.11. The third-order valence-electron chi connectivity index (χ3n) is 1.19. The second-order valence-electron chi connectivity index (χ2n) is 1.86. The van der Waals surface area contributed by atoms with Crippen LogP contribution in [0.3, 0.4) is 0 Å². The molecule has 0 atom stereocenters. The minimum absolute atomic E-state index is 0. The number of nitrogens with two attached hydrogens (primary N) is 1. The molecule has 68 valence electrons. The summed E-state index contributed by atoms with van der Waals surface area (Å²) in [6, 6.07) is 1.47. The van der Waals surface area contributed by atoms with Crippen molar-refractivity contribution in [1.82, 2.24) is 0 Å². The van der Waals surface area contributed by atoms with Gasteiger partial charge in [0, 0.05) is 0 Å². The first kappa shape index (κ1) is 11.2. The number of halogens is 4. The fourth-order valence-corrected chi connectivity index (χ4v) is 0.659. The molecule has 0 unspecified atom stereocenters. The van der Waals surface area contributed by atoms with Crippen molar-refractivity contribution in [2.45, 2.75) is 0 Å². The normalized spacial score (nSPS) is 9.00. The molecule has 0 radical (unpaired) electrons. The molecule has 0 aliphatic rings. The first-order valence-corrected chi connectivity index (χ1v) is 2.77. The molecule has 6 heteroatoms. The lowest BCUT2D eigenvalue weighted by Gasteiger charge is -2.02. The zero-order valence-electron chi connectivity index (χ0n) is 5.77. The summed E-state index contributed by atoms with van der Waals surface area (Å²) in [5, 5.41) is 0. The van der Waals surface area contributed by atoms with Gasteiger partial charge in [0.15, 0.2) is 17.5 Å². The van der Waals surface area contributed by atoms with Crippen molar-refractivity contribution in [2.24, 2.45) is 5.84 Å². The SMILES string of the molecule is Br.NNc1c(F)ccc(F)c1F. The molecule has 0 saturated heterocycles. The third-order valence-corrected chi connectivity index (χ3v) is 1.19. The predicted octanol–water partition coefficient (Wildman–Crippen LogP) is 1.97. The van der Waals surface area contributed by atoms with Gasteiger partial charge in [-0.05, 0) is 12.1 Å². The molecule has 0 spiro atoms. The van der Waals surface area contributed by atoms with Crippen LogP contribution in [0.2, 0.25) is 0 Å². The van der Waals surface area contributed by atoms with E-state index in [0.717, 1.165) is 6.07 Å². The van der Waals surface area contributed by atoms with E-state index in [1.807, 2.05) is 0 Å². The summed E-state index contributed by atoms with van der Waals surface area (Å²) in [5.74, 6) is 1.35. The molecule has 0 aliphatic carbocycles. The maximum atomic E-state index is 12.5. The van der Waals surface area contributed by atoms with Gasteiger partial charge in [0.05, 0.1) is 0 Å². The van der Waals surface area contributed by atoms with Gasteiger partial charge in [0.1, 0.15) is 5.69 Å². The van der Waals surface area contributed by atoms with E-state index in [2.05, 4.69) is 0 Å². The first-order valence-electron chi connectivity index (χ1n) is 2.77. The summed E-state index contributed by atoms with van der Waals surface area (Å²) in [6.45, 7) is 0. The van der Waals surface area contributed by atoms with Crippen LogP contribution >= 0.6 is 17.0 Å². The molecule has 0 amide bonds. The zero-order chi connectivity index (χ0) is 8.43. The van der Waals surface area contributed by atoms with E-state index < -0.39 is 23.1 Å². The molecule has 12 heavy (non-hydrogen) atoms. The summed E-state index contributed by atoms with van der Waals surface area (Å²) in [6.07, 6.45) is 0. The molecule has 0 saturated carbocycles. The maximum Gasteiger partial charge on any atom is 0.186 e. The Morgan fingerprint density at radius 3 is 2.00 bits per heavy atom. The van der Waals surface area contributed by atoms with Gasteiger partial charge in [0.2, 0.25) is 0 Å². The molecule has 0 bridgehead atoms. The Kier molecular flexibility index (Phi) is 4.05. The summed E-state index contributed by atoms with van der Waals surface area (Å²) >= 11 is 0. The van der Waals surface area contributed by atoms with Crippen LogP contribution in [-0.2, 0) is 0 Å². The monoisotopic (exact) mass is 242 g/mol. The average molecular weight is 243 g/mol. The van der Waals surface area contributed by atoms with Crippen LogP contribution in [0.15, 0.2) is 12.1 Å². The fourth-order valence-electron chi connectivity index (χ4n) is 0.659. The Morgan fingerprint density at radius 2 is 1.58 bits per heavy atom. The van der Waals surface area contributed by atoms with Gasteiger partial charge in [0.25, 0.3) is 0 Å². The topological polar surface area (TPSA) is 38.0 Å². The fraction of sp³-hybridized carbons (Fsp3) is 0. The lowest BCUT2D eigenvalue weighted by molar-refractivity contribution is 0.499. The van der Waals surface area contributed by atoms with Crippen LogP contribution in [-0.4, -0.2) is 0 Å². The Balaban J connectivity index is 0.00000121. The maximum absolute atomic E-state index is 12.5.